The number of amides is 2. The van der Waals surface area contributed by atoms with Gasteiger partial charge in [-0.1, -0.05) is 53.8 Å². The van der Waals surface area contributed by atoms with Gasteiger partial charge in [-0.2, -0.15) is 0 Å². The second-order valence-corrected chi connectivity index (χ2v) is 9.37. The maximum atomic E-state index is 12.5. The number of carbonyl (C=O) groups excluding carboxylic acids is 2. The Kier molecular flexibility index (Phi) is 6.83. The van der Waals surface area contributed by atoms with Crippen LogP contribution < -0.4 is 5.32 Å². The second-order valence-electron chi connectivity index (χ2n) is 8.37. The van der Waals surface area contributed by atoms with Gasteiger partial charge in [0.05, 0.1) is 12.2 Å². The van der Waals surface area contributed by atoms with Crippen LogP contribution in [0.3, 0.4) is 0 Å². The molecule has 1 N–H and O–H groups in total. The summed E-state index contributed by atoms with van der Waals surface area (Å²) >= 11 is 1.23. The fourth-order valence-electron chi connectivity index (χ4n) is 3.99. The molecule has 0 bridgehead atoms. The standard InChI is InChI=1S/C24H29N5O2S/c1-17-22(23(31)27(2)3)32-24(25-17)26-21(30)16-29-13-11-28(12-14-29)15-19-9-6-8-18-7-4-5-10-20(18)19/h4-10H,11-16H2,1-3H3,(H,25,26,30). The largest absolute Gasteiger partial charge is 0.344 e. The lowest BCUT2D eigenvalue weighted by atomic mass is 10.0. The molecule has 7 nitrogen and oxygen atoms in total. The van der Waals surface area contributed by atoms with Gasteiger partial charge in [-0.15, -0.1) is 0 Å². The maximum absolute atomic E-state index is 12.5. The van der Waals surface area contributed by atoms with E-state index in [0.29, 0.717) is 22.2 Å². The summed E-state index contributed by atoms with van der Waals surface area (Å²) < 4.78 is 0. The van der Waals surface area contributed by atoms with Gasteiger partial charge >= 0.3 is 0 Å². The van der Waals surface area contributed by atoms with Crippen LogP contribution in [0, 0.1) is 6.92 Å². The first-order valence-electron chi connectivity index (χ1n) is 10.8. The quantitative estimate of drug-likeness (QED) is 0.624. The first kappa shape index (κ1) is 22.4. The Hall–Kier alpha value is -2.81. The Morgan fingerprint density at radius 3 is 2.47 bits per heavy atom. The molecule has 3 aromatic rings. The molecule has 4 rings (SSSR count). The van der Waals surface area contributed by atoms with Crippen molar-refractivity contribution in [1.29, 1.82) is 0 Å². The van der Waals surface area contributed by atoms with Crippen molar-refractivity contribution in [2.24, 2.45) is 0 Å². The zero-order chi connectivity index (χ0) is 22.7. The van der Waals surface area contributed by atoms with Crippen LogP contribution in [-0.4, -0.2) is 78.3 Å². The van der Waals surface area contributed by atoms with E-state index in [-0.39, 0.29) is 11.8 Å². The fourth-order valence-corrected chi connectivity index (χ4v) is 4.99. The van der Waals surface area contributed by atoms with Crippen molar-refractivity contribution in [3.05, 3.63) is 58.6 Å². The van der Waals surface area contributed by atoms with E-state index in [2.05, 4.69) is 62.6 Å². The maximum Gasteiger partial charge on any atom is 0.265 e. The van der Waals surface area contributed by atoms with Crippen LogP contribution in [0.1, 0.15) is 20.9 Å². The number of thiazole rings is 1. The monoisotopic (exact) mass is 451 g/mol. The van der Waals surface area contributed by atoms with Gasteiger partial charge in [0.25, 0.3) is 5.91 Å². The van der Waals surface area contributed by atoms with Gasteiger partial charge < -0.3 is 10.2 Å². The lowest BCUT2D eigenvalue weighted by Gasteiger charge is -2.34. The predicted octanol–water partition coefficient (Wildman–Crippen LogP) is 3.06. The molecular weight excluding hydrogens is 422 g/mol. The highest BCUT2D eigenvalue weighted by molar-refractivity contribution is 7.17. The van der Waals surface area contributed by atoms with Gasteiger partial charge in [0.1, 0.15) is 4.88 Å². The number of fused-ring (bicyclic) bond motifs is 1. The van der Waals surface area contributed by atoms with Crippen molar-refractivity contribution < 1.29 is 9.59 Å². The van der Waals surface area contributed by atoms with E-state index in [1.807, 2.05) is 0 Å². The highest BCUT2D eigenvalue weighted by atomic mass is 32.1. The number of piperazine rings is 1. The van der Waals surface area contributed by atoms with E-state index in [1.165, 1.54) is 32.6 Å². The zero-order valence-corrected chi connectivity index (χ0v) is 19.6. The molecule has 0 saturated carbocycles. The molecule has 0 aliphatic carbocycles. The van der Waals surface area contributed by atoms with Crippen molar-refractivity contribution in [3.8, 4) is 0 Å². The topological polar surface area (TPSA) is 68.8 Å². The normalized spacial score (nSPS) is 15.1. The van der Waals surface area contributed by atoms with E-state index in [1.54, 1.807) is 21.0 Å². The molecule has 1 aliphatic rings. The van der Waals surface area contributed by atoms with Crippen LogP contribution in [0.5, 0.6) is 0 Å². The smallest absolute Gasteiger partial charge is 0.265 e. The van der Waals surface area contributed by atoms with Crippen LogP contribution in [0.25, 0.3) is 10.8 Å². The lowest BCUT2D eigenvalue weighted by molar-refractivity contribution is -0.117. The van der Waals surface area contributed by atoms with Crippen molar-refractivity contribution in [2.45, 2.75) is 13.5 Å². The molecule has 8 heteroatoms. The van der Waals surface area contributed by atoms with Crippen molar-refractivity contribution >= 4 is 39.1 Å². The highest BCUT2D eigenvalue weighted by Gasteiger charge is 2.21. The first-order valence-corrected chi connectivity index (χ1v) is 11.6. The Balaban J connectivity index is 1.28. The van der Waals surface area contributed by atoms with Crippen LogP contribution in [0.2, 0.25) is 0 Å². The second kappa shape index (κ2) is 9.77. The minimum absolute atomic E-state index is 0.0925. The first-order chi connectivity index (χ1) is 15.4. The number of hydrogen-bond acceptors (Lipinski definition) is 6. The summed E-state index contributed by atoms with van der Waals surface area (Å²) in [6, 6.07) is 15.0. The summed E-state index contributed by atoms with van der Waals surface area (Å²) in [5.41, 5.74) is 1.99. The molecule has 0 atom stereocenters. The molecule has 2 heterocycles. The molecule has 32 heavy (non-hydrogen) atoms. The number of aromatic nitrogens is 1. The molecule has 0 spiro atoms. The summed E-state index contributed by atoms with van der Waals surface area (Å²) in [5, 5.41) is 5.92. The van der Waals surface area contributed by atoms with E-state index >= 15 is 0 Å². The molecule has 1 aliphatic heterocycles. The number of rotatable bonds is 6. The number of nitrogens with one attached hydrogen (secondary N) is 1. The number of benzene rings is 2. The SMILES string of the molecule is Cc1nc(NC(=O)CN2CCN(Cc3cccc4ccccc34)CC2)sc1C(=O)N(C)C. The third-order valence-corrected chi connectivity index (χ3v) is 6.81. The van der Waals surface area contributed by atoms with E-state index in [4.69, 9.17) is 0 Å². The average molecular weight is 452 g/mol. The van der Waals surface area contributed by atoms with E-state index in [0.717, 1.165) is 32.7 Å². The fraction of sp³-hybridized carbons (Fsp3) is 0.375. The van der Waals surface area contributed by atoms with Crippen LogP contribution in [-0.2, 0) is 11.3 Å². The minimum atomic E-state index is -0.0946. The van der Waals surface area contributed by atoms with Crippen molar-refractivity contribution in [3.63, 3.8) is 0 Å². The number of hydrogen-bond donors (Lipinski definition) is 1. The van der Waals surface area contributed by atoms with E-state index < -0.39 is 0 Å². The lowest BCUT2D eigenvalue weighted by Crippen LogP contribution is -2.48. The van der Waals surface area contributed by atoms with Crippen LogP contribution in [0.15, 0.2) is 42.5 Å². The summed E-state index contributed by atoms with van der Waals surface area (Å²) in [6.07, 6.45) is 0. The molecule has 1 aromatic heterocycles. The molecule has 2 amide bonds. The van der Waals surface area contributed by atoms with Gasteiger partial charge in [0.15, 0.2) is 5.13 Å². The van der Waals surface area contributed by atoms with Gasteiger partial charge in [0, 0.05) is 46.8 Å². The van der Waals surface area contributed by atoms with Crippen molar-refractivity contribution in [2.75, 3.05) is 52.1 Å². The number of carbonyl (C=O) groups is 2. The Bertz CT molecular complexity index is 1110. The molecule has 1 saturated heterocycles. The molecule has 1 fully saturated rings. The van der Waals surface area contributed by atoms with E-state index in [9.17, 15) is 9.59 Å². The third-order valence-electron chi connectivity index (χ3n) is 5.75. The number of anilines is 1. The third kappa shape index (κ3) is 5.15. The number of aryl methyl sites for hydroxylation is 1. The average Bonchev–Trinajstić information content (AvgIpc) is 3.14. The van der Waals surface area contributed by atoms with Crippen LogP contribution >= 0.6 is 11.3 Å². The van der Waals surface area contributed by atoms with Gasteiger partial charge in [-0.05, 0) is 23.3 Å². The summed E-state index contributed by atoms with van der Waals surface area (Å²) in [4.78, 5) is 35.8. The van der Waals surface area contributed by atoms with Gasteiger partial charge in [-0.3, -0.25) is 19.4 Å². The zero-order valence-electron chi connectivity index (χ0n) is 18.8. The highest BCUT2D eigenvalue weighted by Crippen LogP contribution is 2.24. The number of nitrogens with zero attached hydrogens (tertiary/aromatic N) is 4. The predicted molar refractivity (Wildman–Crippen MR) is 129 cm³/mol. The summed E-state index contributed by atoms with van der Waals surface area (Å²) in [5.74, 6) is -0.187. The molecule has 2 aromatic carbocycles. The molecular formula is C24H29N5O2S. The molecule has 0 radical (unpaired) electrons. The van der Waals surface area contributed by atoms with Crippen molar-refractivity contribution in [1.82, 2.24) is 19.7 Å². The van der Waals surface area contributed by atoms with Gasteiger partial charge in [-0.25, -0.2) is 4.98 Å². The van der Waals surface area contributed by atoms with Crippen LogP contribution in [0.4, 0.5) is 5.13 Å². The molecule has 168 valence electrons. The molecule has 0 unspecified atom stereocenters. The summed E-state index contributed by atoms with van der Waals surface area (Å²) in [7, 11) is 3.42. The summed E-state index contributed by atoms with van der Waals surface area (Å²) in [6.45, 7) is 6.58. The minimum Gasteiger partial charge on any atom is -0.344 e. The van der Waals surface area contributed by atoms with Gasteiger partial charge in [0.2, 0.25) is 5.91 Å². The Morgan fingerprint density at radius 1 is 1.03 bits per heavy atom. The Morgan fingerprint density at radius 2 is 1.72 bits per heavy atom. The Labute approximate surface area is 192 Å².